The van der Waals surface area contributed by atoms with Crippen molar-refractivity contribution in [1.82, 2.24) is 14.8 Å². The first-order valence-corrected chi connectivity index (χ1v) is 4.38. The van der Waals surface area contributed by atoms with Gasteiger partial charge in [0.2, 0.25) is 0 Å². The zero-order chi connectivity index (χ0) is 10.1. The summed E-state index contributed by atoms with van der Waals surface area (Å²) in [6.45, 7) is 1.78. The molecule has 0 spiro atoms. The summed E-state index contributed by atoms with van der Waals surface area (Å²) in [5.74, 6) is 0.220. The zero-order valence-electron chi connectivity index (χ0n) is 7.41. The topological polar surface area (TPSA) is 30.7 Å². The van der Waals surface area contributed by atoms with Crippen molar-refractivity contribution in [2.75, 3.05) is 0 Å². The molecule has 0 atom stereocenters. The average Bonchev–Trinajstić information content (AvgIpc) is 2.57. The van der Waals surface area contributed by atoms with Crippen molar-refractivity contribution < 1.29 is 4.39 Å². The van der Waals surface area contributed by atoms with Crippen LogP contribution in [0.5, 0.6) is 0 Å². The summed E-state index contributed by atoms with van der Waals surface area (Å²) < 4.78 is 14.4. The summed E-state index contributed by atoms with van der Waals surface area (Å²) in [6, 6.07) is 4.40. The molecule has 1 heterocycles. The second-order valence-corrected chi connectivity index (χ2v) is 3.24. The molecule has 14 heavy (non-hydrogen) atoms. The summed E-state index contributed by atoms with van der Waals surface area (Å²) in [5, 5.41) is 4.16. The molecule has 2 rings (SSSR count). The smallest absolute Gasteiger partial charge is 0.147 e. The van der Waals surface area contributed by atoms with E-state index in [9.17, 15) is 4.39 Å². The van der Waals surface area contributed by atoms with E-state index in [0.29, 0.717) is 11.5 Å². The summed E-state index contributed by atoms with van der Waals surface area (Å²) in [7, 11) is 0. The molecule has 0 bridgehead atoms. The predicted molar refractivity (Wildman–Crippen MR) is 51.1 cm³/mol. The Morgan fingerprint density at radius 2 is 2.21 bits per heavy atom. The SMILES string of the molecule is Cc1ncn(-c2ccc(F)c(Cl)c2)n1. The number of hydrogen-bond donors (Lipinski definition) is 0. The maximum Gasteiger partial charge on any atom is 0.147 e. The summed E-state index contributed by atoms with van der Waals surface area (Å²) in [5.41, 5.74) is 0.692. The van der Waals surface area contributed by atoms with Gasteiger partial charge in [0.05, 0.1) is 10.7 Å². The van der Waals surface area contributed by atoms with Crippen molar-refractivity contribution in [3.05, 3.63) is 41.2 Å². The van der Waals surface area contributed by atoms with Crippen molar-refractivity contribution in [1.29, 1.82) is 0 Å². The summed E-state index contributed by atoms with van der Waals surface area (Å²) >= 11 is 5.63. The maximum absolute atomic E-state index is 12.8. The summed E-state index contributed by atoms with van der Waals surface area (Å²) in [4.78, 5) is 3.96. The average molecular weight is 212 g/mol. The third-order valence-corrected chi connectivity index (χ3v) is 2.06. The molecule has 72 valence electrons. The van der Waals surface area contributed by atoms with Crippen molar-refractivity contribution in [3.63, 3.8) is 0 Å². The molecular weight excluding hydrogens is 205 g/mol. The zero-order valence-corrected chi connectivity index (χ0v) is 8.16. The minimum absolute atomic E-state index is 0.0793. The summed E-state index contributed by atoms with van der Waals surface area (Å²) in [6.07, 6.45) is 1.55. The van der Waals surface area contributed by atoms with Gasteiger partial charge in [-0.25, -0.2) is 14.1 Å². The van der Waals surface area contributed by atoms with Crippen LogP contribution >= 0.6 is 11.6 Å². The number of aromatic nitrogens is 3. The van der Waals surface area contributed by atoms with E-state index >= 15 is 0 Å². The quantitative estimate of drug-likeness (QED) is 0.725. The van der Waals surface area contributed by atoms with Crippen molar-refractivity contribution in [2.45, 2.75) is 6.92 Å². The normalized spacial score (nSPS) is 10.5. The molecule has 0 amide bonds. The van der Waals surface area contributed by atoms with Crippen molar-refractivity contribution >= 4 is 11.6 Å². The van der Waals surface area contributed by atoms with Gasteiger partial charge >= 0.3 is 0 Å². The van der Waals surface area contributed by atoms with E-state index in [4.69, 9.17) is 11.6 Å². The molecule has 0 radical (unpaired) electrons. The van der Waals surface area contributed by atoms with Gasteiger partial charge in [0.15, 0.2) is 0 Å². The van der Waals surface area contributed by atoms with Crippen LogP contribution in [0.3, 0.4) is 0 Å². The van der Waals surface area contributed by atoms with Gasteiger partial charge in [-0.15, -0.1) is 0 Å². The van der Waals surface area contributed by atoms with E-state index in [1.54, 1.807) is 24.0 Å². The highest BCUT2D eigenvalue weighted by atomic mass is 35.5. The Kier molecular flexibility index (Phi) is 2.21. The fourth-order valence-electron chi connectivity index (χ4n) is 1.10. The number of halogens is 2. The van der Waals surface area contributed by atoms with Gasteiger partial charge in [-0.2, -0.15) is 5.10 Å². The van der Waals surface area contributed by atoms with Crippen LogP contribution in [0.4, 0.5) is 4.39 Å². The molecular formula is C9H7ClFN3. The minimum atomic E-state index is -0.438. The lowest BCUT2D eigenvalue weighted by atomic mass is 10.3. The van der Waals surface area contributed by atoms with Crippen LogP contribution in [-0.2, 0) is 0 Å². The Balaban J connectivity index is 2.47. The molecule has 0 aliphatic carbocycles. The third-order valence-electron chi connectivity index (χ3n) is 1.77. The molecule has 1 aromatic heterocycles. The predicted octanol–water partition coefficient (Wildman–Crippen LogP) is 2.37. The van der Waals surface area contributed by atoms with Crippen LogP contribution in [0.1, 0.15) is 5.82 Å². The van der Waals surface area contributed by atoms with E-state index in [1.807, 2.05) is 0 Å². The molecule has 0 fully saturated rings. The Hall–Kier alpha value is -1.42. The fourth-order valence-corrected chi connectivity index (χ4v) is 1.27. The fraction of sp³-hybridized carbons (Fsp3) is 0.111. The number of nitrogens with zero attached hydrogens (tertiary/aromatic N) is 3. The highest BCUT2D eigenvalue weighted by Crippen LogP contribution is 2.17. The van der Waals surface area contributed by atoms with E-state index in [2.05, 4.69) is 10.1 Å². The second-order valence-electron chi connectivity index (χ2n) is 2.83. The van der Waals surface area contributed by atoms with Gasteiger partial charge in [0.25, 0.3) is 0 Å². The van der Waals surface area contributed by atoms with Crippen LogP contribution in [0.15, 0.2) is 24.5 Å². The molecule has 0 saturated heterocycles. The van der Waals surface area contributed by atoms with Crippen LogP contribution in [0.25, 0.3) is 5.69 Å². The van der Waals surface area contributed by atoms with Gasteiger partial charge in [0, 0.05) is 0 Å². The van der Waals surface area contributed by atoms with Crippen LogP contribution in [0, 0.1) is 12.7 Å². The number of hydrogen-bond acceptors (Lipinski definition) is 2. The van der Waals surface area contributed by atoms with Crippen LogP contribution in [-0.4, -0.2) is 14.8 Å². The van der Waals surface area contributed by atoms with E-state index in [0.717, 1.165) is 0 Å². The largest absolute Gasteiger partial charge is 0.221 e. The van der Waals surface area contributed by atoms with Crippen LogP contribution < -0.4 is 0 Å². The standard InChI is InChI=1S/C9H7ClFN3/c1-6-12-5-14(13-6)7-2-3-9(11)8(10)4-7/h2-5H,1H3. The molecule has 1 aromatic carbocycles. The minimum Gasteiger partial charge on any atom is -0.221 e. The molecule has 0 aliphatic heterocycles. The Bertz CT molecular complexity index is 467. The van der Waals surface area contributed by atoms with Gasteiger partial charge in [-0.3, -0.25) is 0 Å². The number of rotatable bonds is 1. The Labute approximate surface area is 85.1 Å². The molecule has 2 aromatic rings. The Morgan fingerprint density at radius 1 is 1.43 bits per heavy atom. The van der Waals surface area contributed by atoms with E-state index in [-0.39, 0.29) is 5.02 Å². The number of benzene rings is 1. The first-order chi connectivity index (χ1) is 6.66. The van der Waals surface area contributed by atoms with Gasteiger partial charge in [0.1, 0.15) is 18.0 Å². The van der Waals surface area contributed by atoms with Crippen molar-refractivity contribution in [2.24, 2.45) is 0 Å². The molecule has 5 heteroatoms. The lowest BCUT2D eigenvalue weighted by molar-refractivity contribution is 0.627. The Morgan fingerprint density at radius 3 is 2.79 bits per heavy atom. The maximum atomic E-state index is 12.8. The second kappa shape index (κ2) is 3.38. The molecule has 0 N–H and O–H groups in total. The van der Waals surface area contributed by atoms with Gasteiger partial charge in [-0.05, 0) is 25.1 Å². The van der Waals surface area contributed by atoms with Crippen molar-refractivity contribution in [3.8, 4) is 5.69 Å². The lowest BCUT2D eigenvalue weighted by Gasteiger charge is -2.00. The molecule has 0 unspecified atom stereocenters. The molecule has 3 nitrogen and oxygen atoms in total. The lowest BCUT2D eigenvalue weighted by Crippen LogP contribution is -1.95. The van der Waals surface area contributed by atoms with Crippen LogP contribution in [0.2, 0.25) is 5.02 Å². The molecule has 0 aliphatic rings. The highest BCUT2D eigenvalue weighted by molar-refractivity contribution is 6.30. The first kappa shape index (κ1) is 9.15. The third kappa shape index (κ3) is 1.61. The van der Waals surface area contributed by atoms with E-state index < -0.39 is 5.82 Å². The van der Waals surface area contributed by atoms with Gasteiger partial charge in [-0.1, -0.05) is 11.6 Å². The number of aryl methyl sites for hydroxylation is 1. The molecule has 0 saturated carbocycles. The first-order valence-electron chi connectivity index (χ1n) is 4.00. The van der Waals surface area contributed by atoms with E-state index in [1.165, 1.54) is 12.1 Å². The highest BCUT2D eigenvalue weighted by Gasteiger charge is 2.03. The van der Waals surface area contributed by atoms with Gasteiger partial charge < -0.3 is 0 Å². The monoisotopic (exact) mass is 211 g/mol.